The molecule has 0 saturated carbocycles. The van der Waals surface area contributed by atoms with Crippen LogP contribution in [0.4, 0.5) is 0 Å². The minimum absolute atomic E-state index is 0.497. The Balaban J connectivity index is 0. The number of hydrogen-bond donors (Lipinski definition) is 2. The van der Waals surface area contributed by atoms with Crippen LogP contribution in [0.15, 0.2) is 30.3 Å². The Morgan fingerprint density at radius 1 is 0.800 bits per heavy atom. The van der Waals surface area contributed by atoms with Crippen molar-refractivity contribution in [2.75, 3.05) is 7.05 Å². The molecular formula is C27H45NO2. The summed E-state index contributed by atoms with van der Waals surface area (Å²) in [5, 5.41) is 12.1. The van der Waals surface area contributed by atoms with E-state index < -0.39 is 12.0 Å². The van der Waals surface area contributed by atoms with Gasteiger partial charge in [-0.15, -0.1) is 0 Å². The zero-order valence-corrected chi connectivity index (χ0v) is 21.2. The van der Waals surface area contributed by atoms with Gasteiger partial charge in [-0.1, -0.05) is 83.0 Å². The standard InChI is InChI=1S/C21H27NO2.3C2H6/c1-13-6-14(2)8-17(7-13)11-19-15(3)9-18(10-16(19)4)12-20(22-5)21(23)24;3*1-2/h6-10,20,22H,11-12H2,1-5H3,(H,23,24);3*1-2H3. The molecule has 2 N–H and O–H groups in total. The molecule has 3 nitrogen and oxygen atoms in total. The van der Waals surface area contributed by atoms with Gasteiger partial charge in [0.15, 0.2) is 0 Å². The molecule has 0 heterocycles. The number of hydrogen-bond acceptors (Lipinski definition) is 2. The van der Waals surface area contributed by atoms with E-state index in [9.17, 15) is 9.90 Å². The molecule has 2 aromatic carbocycles. The number of carboxylic acids is 1. The summed E-state index contributed by atoms with van der Waals surface area (Å²) in [5.41, 5.74) is 8.75. The largest absolute Gasteiger partial charge is 0.480 e. The first-order valence-corrected chi connectivity index (χ1v) is 11.4. The highest BCUT2D eigenvalue weighted by Crippen LogP contribution is 2.22. The van der Waals surface area contributed by atoms with E-state index in [2.05, 4.69) is 63.3 Å². The number of likely N-dealkylation sites (N-methyl/N-ethyl adjacent to an activating group) is 1. The molecule has 0 radical (unpaired) electrons. The molecule has 0 fully saturated rings. The second kappa shape index (κ2) is 16.6. The van der Waals surface area contributed by atoms with Crippen LogP contribution in [0.5, 0.6) is 0 Å². The van der Waals surface area contributed by atoms with E-state index in [0.717, 1.165) is 12.0 Å². The fourth-order valence-corrected chi connectivity index (χ4v) is 3.40. The first-order valence-electron chi connectivity index (χ1n) is 11.4. The van der Waals surface area contributed by atoms with Crippen molar-refractivity contribution < 1.29 is 9.90 Å². The second-order valence-electron chi connectivity index (χ2n) is 6.76. The molecule has 0 aliphatic carbocycles. The Kier molecular flexibility index (Phi) is 16.7. The predicted molar refractivity (Wildman–Crippen MR) is 133 cm³/mol. The number of benzene rings is 2. The van der Waals surface area contributed by atoms with E-state index in [4.69, 9.17) is 0 Å². The molecule has 0 aromatic heterocycles. The molecule has 0 spiro atoms. The zero-order chi connectivity index (χ0) is 23.9. The monoisotopic (exact) mass is 415 g/mol. The lowest BCUT2D eigenvalue weighted by molar-refractivity contribution is -0.139. The Labute approximate surface area is 185 Å². The van der Waals surface area contributed by atoms with Crippen molar-refractivity contribution in [1.29, 1.82) is 0 Å². The van der Waals surface area contributed by atoms with Gasteiger partial charge in [0.05, 0.1) is 0 Å². The van der Waals surface area contributed by atoms with Crippen LogP contribution >= 0.6 is 0 Å². The lowest BCUT2D eigenvalue weighted by Gasteiger charge is -2.16. The van der Waals surface area contributed by atoms with Gasteiger partial charge in [0, 0.05) is 0 Å². The molecule has 1 unspecified atom stereocenters. The molecule has 0 aliphatic rings. The molecule has 0 saturated heterocycles. The van der Waals surface area contributed by atoms with Crippen molar-refractivity contribution in [3.63, 3.8) is 0 Å². The molecule has 1 atom stereocenters. The molecule has 2 rings (SSSR count). The topological polar surface area (TPSA) is 49.3 Å². The summed E-state index contributed by atoms with van der Waals surface area (Å²) in [5.74, 6) is -0.813. The average molecular weight is 416 g/mol. The van der Waals surface area contributed by atoms with E-state index in [-0.39, 0.29) is 0 Å². The Morgan fingerprint density at radius 3 is 1.60 bits per heavy atom. The number of carbonyl (C=O) groups is 1. The average Bonchev–Trinajstić information content (AvgIpc) is 2.72. The minimum atomic E-state index is -0.813. The van der Waals surface area contributed by atoms with E-state index in [1.807, 2.05) is 41.5 Å². The van der Waals surface area contributed by atoms with Crippen LogP contribution in [0, 0.1) is 27.7 Å². The minimum Gasteiger partial charge on any atom is -0.480 e. The van der Waals surface area contributed by atoms with Crippen LogP contribution in [0.3, 0.4) is 0 Å². The number of aliphatic carboxylic acids is 1. The van der Waals surface area contributed by atoms with Crippen molar-refractivity contribution in [1.82, 2.24) is 5.32 Å². The first-order chi connectivity index (χ1) is 14.3. The summed E-state index contributed by atoms with van der Waals surface area (Å²) in [6.07, 6.45) is 1.41. The highest BCUT2D eigenvalue weighted by Gasteiger charge is 2.16. The number of aryl methyl sites for hydroxylation is 4. The summed E-state index contributed by atoms with van der Waals surface area (Å²) < 4.78 is 0. The van der Waals surface area contributed by atoms with Gasteiger partial charge >= 0.3 is 5.97 Å². The van der Waals surface area contributed by atoms with Crippen molar-refractivity contribution in [3.8, 4) is 0 Å². The van der Waals surface area contributed by atoms with E-state index in [1.165, 1.54) is 33.4 Å². The van der Waals surface area contributed by atoms with Gasteiger partial charge in [-0.3, -0.25) is 4.79 Å². The van der Waals surface area contributed by atoms with Gasteiger partial charge in [-0.25, -0.2) is 0 Å². The third-order valence-corrected chi connectivity index (χ3v) is 4.50. The maximum Gasteiger partial charge on any atom is 0.321 e. The fourth-order valence-electron chi connectivity index (χ4n) is 3.40. The third kappa shape index (κ3) is 10.1. The van der Waals surface area contributed by atoms with Crippen LogP contribution in [0.1, 0.15) is 80.5 Å². The molecule has 0 bridgehead atoms. The van der Waals surface area contributed by atoms with Crippen LogP contribution in [-0.4, -0.2) is 24.2 Å². The van der Waals surface area contributed by atoms with Gasteiger partial charge in [0.25, 0.3) is 0 Å². The Bertz CT molecular complexity index is 707. The third-order valence-electron chi connectivity index (χ3n) is 4.50. The first kappa shape index (κ1) is 30.1. The normalized spacial score (nSPS) is 10.4. The lowest BCUT2D eigenvalue weighted by Crippen LogP contribution is -2.35. The van der Waals surface area contributed by atoms with Gasteiger partial charge in [0.1, 0.15) is 6.04 Å². The summed E-state index contributed by atoms with van der Waals surface area (Å²) >= 11 is 0. The molecule has 170 valence electrons. The number of nitrogens with one attached hydrogen (secondary N) is 1. The van der Waals surface area contributed by atoms with Gasteiger partial charge < -0.3 is 10.4 Å². The van der Waals surface area contributed by atoms with Crippen LogP contribution < -0.4 is 5.32 Å². The van der Waals surface area contributed by atoms with Crippen molar-refractivity contribution >= 4 is 5.97 Å². The highest BCUT2D eigenvalue weighted by atomic mass is 16.4. The van der Waals surface area contributed by atoms with Gasteiger partial charge in [0.2, 0.25) is 0 Å². The van der Waals surface area contributed by atoms with Crippen LogP contribution in [0.25, 0.3) is 0 Å². The quantitative estimate of drug-likeness (QED) is 0.545. The fraction of sp³-hybridized carbons (Fsp3) is 0.519. The van der Waals surface area contributed by atoms with Crippen LogP contribution in [-0.2, 0) is 17.6 Å². The summed E-state index contributed by atoms with van der Waals surface area (Å²) in [7, 11) is 1.69. The predicted octanol–water partition coefficient (Wildman–Crippen LogP) is 6.80. The SMILES string of the molecule is CC.CC.CC.CNC(Cc1cc(C)c(Cc2cc(C)cc(C)c2)c(C)c1)C(=O)O. The maximum absolute atomic E-state index is 11.2. The molecule has 0 amide bonds. The van der Waals surface area contributed by atoms with Crippen molar-refractivity contribution in [2.45, 2.75) is 88.1 Å². The van der Waals surface area contributed by atoms with Crippen LogP contribution in [0.2, 0.25) is 0 Å². The summed E-state index contributed by atoms with van der Waals surface area (Å²) in [6, 6.07) is 10.4. The molecular weight excluding hydrogens is 370 g/mol. The van der Waals surface area contributed by atoms with E-state index in [0.29, 0.717) is 6.42 Å². The van der Waals surface area contributed by atoms with E-state index in [1.54, 1.807) is 7.05 Å². The smallest absolute Gasteiger partial charge is 0.321 e. The molecule has 3 heteroatoms. The highest BCUT2D eigenvalue weighted by molar-refractivity contribution is 5.73. The van der Waals surface area contributed by atoms with E-state index >= 15 is 0 Å². The van der Waals surface area contributed by atoms with Crippen molar-refractivity contribution in [2.24, 2.45) is 0 Å². The lowest BCUT2D eigenvalue weighted by atomic mass is 9.91. The van der Waals surface area contributed by atoms with Gasteiger partial charge in [-0.2, -0.15) is 0 Å². The summed E-state index contributed by atoms with van der Waals surface area (Å²) in [6.45, 7) is 20.5. The maximum atomic E-state index is 11.2. The molecule has 30 heavy (non-hydrogen) atoms. The molecule has 0 aliphatic heterocycles. The van der Waals surface area contributed by atoms with Crippen molar-refractivity contribution in [3.05, 3.63) is 69.3 Å². The number of carboxylic acid groups (broad SMARTS) is 1. The second-order valence-corrected chi connectivity index (χ2v) is 6.76. The Hall–Kier alpha value is -2.13. The zero-order valence-electron chi connectivity index (χ0n) is 21.2. The number of rotatable bonds is 6. The Morgan fingerprint density at radius 2 is 1.23 bits per heavy atom. The summed E-state index contributed by atoms with van der Waals surface area (Å²) in [4.78, 5) is 11.2. The molecule has 2 aromatic rings. The van der Waals surface area contributed by atoms with Gasteiger partial charge in [-0.05, 0) is 75.4 Å².